The molecule has 0 amide bonds. The molecule has 1 N–H and O–H groups in total. The standard InChI is InChI=1S/C15H16N2O2S/c1-11(16-2)12-7-9-13(10-8-12)20-15-6-4-3-5-14(15)17(18)19/h3-11,16H,1-2H3. The largest absolute Gasteiger partial charge is 0.313 e. The molecule has 0 saturated carbocycles. The van der Waals surface area contributed by atoms with Crippen molar-refractivity contribution < 1.29 is 4.92 Å². The topological polar surface area (TPSA) is 55.2 Å². The highest BCUT2D eigenvalue weighted by molar-refractivity contribution is 7.99. The second kappa shape index (κ2) is 6.54. The summed E-state index contributed by atoms with van der Waals surface area (Å²) in [6.07, 6.45) is 0. The predicted octanol–water partition coefficient (Wildman–Crippen LogP) is 4.03. The van der Waals surface area contributed by atoms with Gasteiger partial charge in [0.15, 0.2) is 0 Å². The van der Waals surface area contributed by atoms with Gasteiger partial charge in [-0.05, 0) is 37.7 Å². The lowest BCUT2D eigenvalue weighted by Gasteiger charge is -2.11. The molecular formula is C15H16N2O2S. The molecule has 0 aromatic heterocycles. The average Bonchev–Trinajstić information content (AvgIpc) is 2.47. The molecule has 4 nitrogen and oxygen atoms in total. The van der Waals surface area contributed by atoms with Gasteiger partial charge in [0.2, 0.25) is 0 Å². The third-order valence-electron chi connectivity index (χ3n) is 3.10. The first-order valence-electron chi connectivity index (χ1n) is 6.30. The summed E-state index contributed by atoms with van der Waals surface area (Å²) in [6, 6.07) is 15.1. The van der Waals surface area contributed by atoms with Gasteiger partial charge in [0, 0.05) is 17.0 Å². The van der Waals surface area contributed by atoms with E-state index in [0.717, 1.165) is 4.90 Å². The van der Waals surface area contributed by atoms with Gasteiger partial charge in [-0.25, -0.2) is 0 Å². The van der Waals surface area contributed by atoms with Crippen LogP contribution in [0.5, 0.6) is 0 Å². The van der Waals surface area contributed by atoms with Crippen molar-refractivity contribution in [3.8, 4) is 0 Å². The lowest BCUT2D eigenvalue weighted by Crippen LogP contribution is -2.11. The molecule has 0 saturated heterocycles. The van der Waals surface area contributed by atoms with Gasteiger partial charge in [-0.3, -0.25) is 10.1 Å². The van der Waals surface area contributed by atoms with Crippen LogP contribution < -0.4 is 5.32 Å². The Morgan fingerprint density at radius 1 is 1.15 bits per heavy atom. The maximum atomic E-state index is 11.0. The molecule has 0 spiro atoms. The molecule has 104 valence electrons. The molecule has 0 heterocycles. The summed E-state index contributed by atoms with van der Waals surface area (Å²) < 4.78 is 0. The zero-order chi connectivity index (χ0) is 14.5. The van der Waals surface area contributed by atoms with Gasteiger partial charge in [-0.2, -0.15) is 0 Å². The van der Waals surface area contributed by atoms with E-state index in [-0.39, 0.29) is 10.6 Å². The highest BCUT2D eigenvalue weighted by Crippen LogP contribution is 2.34. The Hall–Kier alpha value is -1.85. The average molecular weight is 288 g/mol. The van der Waals surface area contributed by atoms with E-state index in [1.165, 1.54) is 23.4 Å². The minimum absolute atomic E-state index is 0.144. The third-order valence-corrected chi connectivity index (χ3v) is 4.18. The molecule has 0 bridgehead atoms. The number of nitro benzene ring substituents is 1. The molecule has 2 rings (SSSR count). The molecule has 1 atom stereocenters. The summed E-state index contributed by atoms with van der Waals surface area (Å²) in [5, 5.41) is 14.2. The number of hydrogen-bond donors (Lipinski definition) is 1. The van der Waals surface area contributed by atoms with Crippen LogP contribution in [0.15, 0.2) is 58.3 Å². The molecule has 1 unspecified atom stereocenters. The lowest BCUT2D eigenvalue weighted by molar-refractivity contribution is -0.387. The van der Waals surface area contributed by atoms with Crippen LogP contribution in [0.4, 0.5) is 5.69 Å². The Morgan fingerprint density at radius 3 is 2.40 bits per heavy atom. The van der Waals surface area contributed by atoms with Crippen molar-refractivity contribution in [2.24, 2.45) is 0 Å². The number of benzene rings is 2. The first kappa shape index (κ1) is 14.6. The molecule has 0 fully saturated rings. The SMILES string of the molecule is CNC(C)c1ccc(Sc2ccccc2[N+](=O)[O-])cc1. The van der Waals surface area contributed by atoms with Crippen molar-refractivity contribution in [2.75, 3.05) is 7.05 Å². The fourth-order valence-corrected chi connectivity index (χ4v) is 2.73. The smallest absolute Gasteiger partial charge is 0.283 e. The Morgan fingerprint density at radius 2 is 1.80 bits per heavy atom. The van der Waals surface area contributed by atoms with Gasteiger partial charge in [-0.15, -0.1) is 0 Å². The van der Waals surface area contributed by atoms with Crippen LogP contribution in [0, 0.1) is 10.1 Å². The molecule has 0 aliphatic carbocycles. The van der Waals surface area contributed by atoms with Gasteiger partial charge >= 0.3 is 0 Å². The molecule has 5 heteroatoms. The fourth-order valence-electron chi connectivity index (χ4n) is 1.81. The van der Waals surface area contributed by atoms with Crippen molar-refractivity contribution >= 4 is 17.4 Å². The van der Waals surface area contributed by atoms with Crippen LogP contribution >= 0.6 is 11.8 Å². The third kappa shape index (κ3) is 3.37. The van der Waals surface area contributed by atoms with Gasteiger partial charge in [0.25, 0.3) is 5.69 Å². The lowest BCUT2D eigenvalue weighted by atomic mass is 10.1. The van der Waals surface area contributed by atoms with Crippen LogP contribution in [0.3, 0.4) is 0 Å². The quantitative estimate of drug-likeness (QED) is 0.666. The zero-order valence-electron chi connectivity index (χ0n) is 11.4. The van der Waals surface area contributed by atoms with E-state index in [1.807, 2.05) is 37.4 Å². The van der Waals surface area contributed by atoms with Crippen molar-refractivity contribution in [1.82, 2.24) is 5.32 Å². The second-order valence-electron chi connectivity index (χ2n) is 4.41. The van der Waals surface area contributed by atoms with E-state index >= 15 is 0 Å². The zero-order valence-corrected chi connectivity index (χ0v) is 12.2. The van der Waals surface area contributed by atoms with E-state index in [4.69, 9.17) is 0 Å². The number of nitrogens with zero attached hydrogens (tertiary/aromatic N) is 1. The number of hydrogen-bond acceptors (Lipinski definition) is 4. The normalized spacial score (nSPS) is 12.1. The van der Waals surface area contributed by atoms with Gasteiger partial charge in [0.05, 0.1) is 9.82 Å². The molecule has 2 aromatic rings. The van der Waals surface area contributed by atoms with Crippen molar-refractivity contribution in [1.29, 1.82) is 0 Å². The van der Waals surface area contributed by atoms with Crippen LogP contribution in [0.1, 0.15) is 18.5 Å². The van der Waals surface area contributed by atoms with Crippen LogP contribution in [0.2, 0.25) is 0 Å². The van der Waals surface area contributed by atoms with E-state index < -0.39 is 0 Å². The predicted molar refractivity (Wildman–Crippen MR) is 81.1 cm³/mol. The van der Waals surface area contributed by atoms with E-state index in [1.54, 1.807) is 12.1 Å². The van der Waals surface area contributed by atoms with Crippen molar-refractivity contribution in [2.45, 2.75) is 22.8 Å². The number of nitrogens with one attached hydrogen (secondary N) is 1. The second-order valence-corrected chi connectivity index (χ2v) is 5.52. The van der Waals surface area contributed by atoms with E-state index in [9.17, 15) is 10.1 Å². The monoisotopic (exact) mass is 288 g/mol. The van der Waals surface area contributed by atoms with Gasteiger partial charge < -0.3 is 5.32 Å². The van der Waals surface area contributed by atoms with Gasteiger partial charge in [0.1, 0.15) is 0 Å². The highest BCUT2D eigenvalue weighted by atomic mass is 32.2. The van der Waals surface area contributed by atoms with Crippen LogP contribution in [-0.2, 0) is 0 Å². The molecular weight excluding hydrogens is 272 g/mol. The Balaban J connectivity index is 2.20. The highest BCUT2D eigenvalue weighted by Gasteiger charge is 2.13. The summed E-state index contributed by atoms with van der Waals surface area (Å²) in [7, 11) is 1.92. The van der Waals surface area contributed by atoms with Crippen LogP contribution in [-0.4, -0.2) is 12.0 Å². The Kier molecular flexibility index (Phi) is 4.76. The molecule has 2 aromatic carbocycles. The molecule has 0 aliphatic heterocycles. The van der Waals surface area contributed by atoms with Gasteiger partial charge in [-0.1, -0.05) is 36.0 Å². The fraction of sp³-hybridized carbons (Fsp3) is 0.200. The number of para-hydroxylation sites is 1. The summed E-state index contributed by atoms with van der Waals surface area (Å²) in [4.78, 5) is 12.3. The first-order chi connectivity index (χ1) is 9.61. The summed E-state index contributed by atoms with van der Waals surface area (Å²) >= 11 is 1.41. The molecule has 20 heavy (non-hydrogen) atoms. The number of rotatable bonds is 5. The van der Waals surface area contributed by atoms with Crippen LogP contribution in [0.25, 0.3) is 0 Å². The van der Waals surface area contributed by atoms with E-state index in [0.29, 0.717) is 10.9 Å². The maximum absolute atomic E-state index is 11.0. The summed E-state index contributed by atoms with van der Waals surface area (Å²) in [5.41, 5.74) is 1.34. The Labute approximate surface area is 122 Å². The summed E-state index contributed by atoms with van der Waals surface area (Å²) in [5.74, 6) is 0. The maximum Gasteiger partial charge on any atom is 0.283 e. The van der Waals surface area contributed by atoms with Crippen molar-refractivity contribution in [3.63, 3.8) is 0 Å². The number of nitro groups is 1. The molecule has 0 radical (unpaired) electrons. The summed E-state index contributed by atoms with van der Waals surface area (Å²) in [6.45, 7) is 2.09. The van der Waals surface area contributed by atoms with E-state index in [2.05, 4.69) is 12.2 Å². The Bertz CT molecular complexity index is 599. The molecule has 0 aliphatic rings. The minimum atomic E-state index is -0.347. The minimum Gasteiger partial charge on any atom is -0.313 e. The first-order valence-corrected chi connectivity index (χ1v) is 7.12. The van der Waals surface area contributed by atoms with Crippen molar-refractivity contribution in [3.05, 3.63) is 64.2 Å².